The van der Waals surface area contributed by atoms with Crippen LogP contribution in [-0.2, 0) is 17.0 Å². The normalized spacial score (nSPS) is 14.3. The Bertz CT molecular complexity index is 867. The maximum Gasteiger partial charge on any atom is 0.305 e. The summed E-state index contributed by atoms with van der Waals surface area (Å²) in [6.07, 6.45) is 0.155. The summed E-state index contributed by atoms with van der Waals surface area (Å²) in [6, 6.07) is 25.1. The van der Waals surface area contributed by atoms with Crippen molar-refractivity contribution in [1.29, 1.82) is 0 Å². The van der Waals surface area contributed by atoms with Gasteiger partial charge in [-0.15, -0.1) is 0 Å². The summed E-state index contributed by atoms with van der Waals surface area (Å²) in [7, 11) is 0. The number of halogens is 1. The van der Waals surface area contributed by atoms with Gasteiger partial charge < -0.3 is 9.47 Å². The van der Waals surface area contributed by atoms with E-state index in [2.05, 4.69) is 0 Å². The van der Waals surface area contributed by atoms with Gasteiger partial charge in [-0.25, -0.2) is 0 Å². The Morgan fingerprint density at radius 3 is 1.92 bits per heavy atom. The lowest BCUT2D eigenvalue weighted by Crippen LogP contribution is -2.36. The van der Waals surface area contributed by atoms with Crippen molar-refractivity contribution in [2.45, 2.75) is 12.2 Å². The summed E-state index contributed by atoms with van der Waals surface area (Å²) >= 11 is 5.50. The van der Waals surface area contributed by atoms with Crippen LogP contribution in [0.4, 0.5) is 0 Å². The summed E-state index contributed by atoms with van der Waals surface area (Å²) in [6.45, 7) is 0. The van der Waals surface area contributed by atoms with Gasteiger partial charge >= 0.3 is 5.79 Å². The number of rotatable bonds is 4. The quantitative estimate of drug-likeness (QED) is 0.641. The van der Waals surface area contributed by atoms with Gasteiger partial charge in [-0.05, 0) is 29.3 Å². The van der Waals surface area contributed by atoms with Crippen LogP contribution in [0.1, 0.15) is 16.7 Å². The monoisotopic (exact) mass is 350 g/mol. The topological polar surface area (TPSA) is 35.5 Å². The summed E-state index contributed by atoms with van der Waals surface area (Å²) in [5.74, 6) is 0.190. The van der Waals surface area contributed by atoms with Crippen LogP contribution >= 0.6 is 11.6 Å². The molecular weight excluding hydrogens is 336 g/mol. The van der Waals surface area contributed by atoms with Gasteiger partial charge in [-0.3, -0.25) is 4.79 Å². The fourth-order valence-corrected chi connectivity index (χ4v) is 3.19. The minimum absolute atomic E-state index is 0.155. The van der Waals surface area contributed by atoms with Gasteiger partial charge in [-0.2, -0.15) is 0 Å². The van der Waals surface area contributed by atoms with Crippen molar-refractivity contribution in [1.82, 2.24) is 0 Å². The molecule has 0 aliphatic carbocycles. The van der Waals surface area contributed by atoms with E-state index in [0.717, 1.165) is 16.7 Å². The number of carbonyl (C=O) groups is 1. The minimum Gasteiger partial charge on any atom is -0.440 e. The van der Waals surface area contributed by atoms with Gasteiger partial charge in [0, 0.05) is 17.5 Å². The average Bonchev–Trinajstić information content (AvgIpc) is 3.03. The molecule has 4 rings (SSSR count). The highest BCUT2D eigenvalue weighted by Crippen LogP contribution is 2.47. The second-order valence-electron chi connectivity index (χ2n) is 5.87. The Labute approximate surface area is 150 Å². The smallest absolute Gasteiger partial charge is 0.305 e. The van der Waals surface area contributed by atoms with E-state index in [0.29, 0.717) is 11.5 Å². The van der Waals surface area contributed by atoms with Crippen molar-refractivity contribution in [2.75, 3.05) is 0 Å². The molecule has 0 saturated heterocycles. The second kappa shape index (κ2) is 6.26. The number of benzene rings is 3. The van der Waals surface area contributed by atoms with Gasteiger partial charge in [0.15, 0.2) is 11.5 Å². The van der Waals surface area contributed by atoms with Crippen LogP contribution in [0.3, 0.4) is 0 Å². The summed E-state index contributed by atoms with van der Waals surface area (Å²) in [5.41, 5.74) is 2.58. The van der Waals surface area contributed by atoms with Gasteiger partial charge in [0.05, 0.1) is 0 Å². The molecule has 0 aromatic heterocycles. The van der Waals surface area contributed by atoms with E-state index in [1.807, 2.05) is 78.9 Å². The number of carbonyl (C=O) groups excluding carboxylic acids is 1. The van der Waals surface area contributed by atoms with Gasteiger partial charge in [0.25, 0.3) is 0 Å². The zero-order chi connectivity index (χ0) is 17.3. The lowest BCUT2D eigenvalue weighted by molar-refractivity contribution is -0.111. The van der Waals surface area contributed by atoms with E-state index in [9.17, 15) is 4.79 Å². The zero-order valence-electron chi connectivity index (χ0n) is 13.3. The van der Waals surface area contributed by atoms with E-state index in [1.165, 1.54) is 0 Å². The molecular formula is C21H15ClO3. The molecule has 3 aromatic carbocycles. The molecule has 3 aromatic rings. The van der Waals surface area contributed by atoms with Gasteiger partial charge in [0.2, 0.25) is 5.24 Å². The molecule has 1 aliphatic rings. The first-order valence-electron chi connectivity index (χ1n) is 7.98. The largest absolute Gasteiger partial charge is 0.440 e. The summed E-state index contributed by atoms with van der Waals surface area (Å²) in [4.78, 5) is 11.2. The predicted octanol–water partition coefficient (Wildman–Crippen LogP) is 4.67. The molecule has 0 bridgehead atoms. The van der Waals surface area contributed by atoms with Crippen LogP contribution in [0, 0.1) is 0 Å². The third-order valence-electron chi connectivity index (χ3n) is 4.17. The Hall–Kier alpha value is -2.78. The first-order chi connectivity index (χ1) is 12.2. The zero-order valence-corrected chi connectivity index (χ0v) is 14.1. The Kier molecular flexibility index (Phi) is 3.94. The molecule has 3 nitrogen and oxygen atoms in total. The number of ether oxygens (including phenoxy) is 2. The highest BCUT2D eigenvalue weighted by molar-refractivity contribution is 6.63. The highest BCUT2D eigenvalue weighted by Gasteiger charge is 2.45. The van der Waals surface area contributed by atoms with Gasteiger partial charge in [0.1, 0.15) is 0 Å². The number of hydrogen-bond donors (Lipinski definition) is 0. The maximum atomic E-state index is 11.2. The molecule has 0 atom stereocenters. The van der Waals surface area contributed by atoms with Crippen LogP contribution in [0.5, 0.6) is 11.5 Å². The van der Waals surface area contributed by atoms with Crippen molar-refractivity contribution in [3.8, 4) is 11.5 Å². The highest BCUT2D eigenvalue weighted by atomic mass is 35.5. The molecule has 1 heterocycles. The third-order valence-corrected chi connectivity index (χ3v) is 4.30. The Balaban J connectivity index is 1.80. The molecule has 4 heteroatoms. The van der Waals surface area contributed by atoms with Crippen molar-refractivity contribution in [3.05, 3.63) is 95.6 Å². The van der Waals surface area contributed by atoms with Crippen LogP contribution < -0.4 is 9.47 Å². The second-order valence-corrected chi connectivity index (χ2v) is 6.29. The van der Waals surface area contributed by atoms with Crippen molar-refractivity contribution in [2.24, 2.45) is 0 Å². The first kappa shape index (κ1) is 15.7. The number of fused-ring (bicyclic) bond motifs is 1. The molecule has 0 amide bonds. The molecule has 0 saturated carbocycles. The molecule has 0 radical (unpaired) electrons. The van der Waals surface area contributed by atoms with Crippen molar-refractivity contribution < 1.29 is 14.3 Å². The van der Waals surface area contributed by atoms with Crippen LogP contribution in [0.2, 0.25) is 0 Å². The van der Waals surface area contributed by atoms with Crippen molar-refractivity contribution >= 4 is 16.8 Å². The Morgan fingerprint density at radius 1 is 0.800 bits per heavy atom. The molecule has 0 unspecified atom stereocenters. The Morgan fingerprint density at radius 2 is 1.36 bits per heavy atom. The van der Waals surface area contributed by atoms with Crippen LogP contribution in [0.25, 0.3) is 0 Å². The fraction of sp³-hybridized carbons (Fsp3) is 0.0952. The lowest BCUT2D eigenvalue weighted by atomic mass is 9.97. The van der Waals surface area contributed by atoms with Gasteiger partial charge in [-0.1, -0.05) is 66.7 Å². The molecule has 124 valence electrons. The van der Waals surface area contributed by atoms with E-state index in [-0.39, 0.29) is 6.42 Å². The molecule has 0 N–H and O–H groups in total. The maximum absolute atomic E-state index is 11.2. The summed E-state index contributed by atoms with van der Waals surface area (Å²) < 4.78 is 12.6. The standard InChI is InChI=1S/C21H15ClO3/c22-20(23)14-15-11-12-18-19(13-15)25-21(24-18,16-7-3-1-4-8-16)17-9-5-2-6-10-17/h1-13H,14H2. The predicted molar refractivity (Wildman–Crippen MR) is 95.9 cm³/mol. The SMILES string of the molecule is O=C(Cl)Cc1ccc2c(c1)OC(c1ccccc1)(c1ccccc1)O2. The van der Waals surface area contributed by atoms with Crippen LogP contribution in [0.15, 0.2) is 78.9 Å². The molecule has 0 spiro atoms. The average molecular weight is 351 g/mol. The van der Waals surface area contributed by atoms with E-state index >= 15 is 0 Å². The van der Waals surface area contributed by atoms with E-state index in [1.54, 1.807) is 0 Å². The molecule has 25 heavy (non-hydrogen) atoms. The summed E-state index contributed by atoms with van der Waals surface area (Å²) in [5, 5.41) is -0.406. The first-order valence-corrected chi connectivity index (χ1v) is 8.35. The number of hydrogen-bond acceptors (Lipinski definition) is 3. The van der Waals surface area contributed by atoms with E-state index in [4.69, 9.17) is 21.1 Å². The third kappa shape index (κ3) is 2.87. The lowest BCUT2D eigenvalue weighted by Gasteiger charge is -2.28. The van der Waals surface area contributed by atoms with E-state index < -0.39 is 11.0 Å². The molecule has 1 aliphatic heterocycles. The van der Waals surface area contributed by atoms with Crippen LogP contribution in [-0.4, -0.2) is 5.24 Å². The minimum atomic E-state index is -1.05. The van der Waals surface area contributed by atoms with Crippen molar-refractivity contribution in [3.63, 3.8) is 0 Å². The molecule has 0 fully saturated rings. The fourth-order valence-electron chi connectivity index (χ4n) is 3.04.